The van der Waals surface area contributed by atoms with Crippen molar-refractivity contribution in [2.45, 2.75) is 9.77 Å². The molecule has 1 heterocycles. The molecule has 1 aliphatic heterocycles. The lowest BCUT2D eigenvalue weighted by atomic mass is 9.98. The minimum absolute atomic E-state index is 0.0412. The molecule has 0 bridgehead atoms. The van der Waals surface area contributed by atoms with Gasteiger partial charge in [-0.3, -0.25) is 4.79 Å². The molecule has 0 spiro atoms. The van der Waals surface area contributed by atoms with Crippen molar-refractivity contribution in [2.24, 2.45) is 0 Å². The van der Waals surface area contributed by atoms with Crippen LogP contribution in [-0.2, 0) is 4.87 Å². The lowest BCUT2D eigenvalue weighted by Gasteiger charge is -2.30. The maximum atomic E-state index is 12.6. The second-order valence-corrected chi connectivity index (χ2v) is 7.11. The van der Waals surface area contributed by atoms with E-state index in [2.05, 4.69) is 17.4 Å². The second-order valence-electron chi connectivity index (χ2n) is 5.82. The predicted molar refractivity (Wildman–Crippen MR) is 100.0 cm³/mol. The van der Waals surface area contributed by atoms with Crippen molar-refractivity contribution in [3.05, 3.63) is 95.6 Å². The first-order valence-electron chi connectivity index (χ1n) is 8.03. The van der Waals surface area contributed by atoms with Crippen molar-refractivity contribution in [2.75, 3.05) is 7.11 Å². The van der Waals surface area contributed by atoms with Gasteiger partial charge in [0.15, 0.2) is 0 Å². The Morgan fingerprint density at radius 3 is 2.28 bits per heavy atom. The van der Waals surface area contributed by atoms with E-state index in [4.69, 9.17) is 4.74 Å². The number of rotatable bonds is 4. The van der Waals surface area contributed by atoms with E-state index < -0.39 is 4.87 Å². The lowest BCUT2D eigenvalue weighted by molar-refractivity contribution is 0.0956. The highest BCUT2D eigenvalue weighted by Crippen LogP contribution is 2.48. The molecule has 4 heteroatoms. The first kappa shape index (κ1) is 15.8. The van der Waals surface area contributed by atoms with Crippen LogP contribution in [0.25, 0.3) is 0 Å². The maximum absolute atomic E-state index is 12.6. The standard InChI is InChI=1S/C21H17NO2S/c1-24-16-11-13-17(14-12-16)25-21(15-7-3-2-4-8-15)19-10-6-5-9-18(19)20(23)22-21/h2-14H,1H3,(H,22,23)/t21-/m1/s1. The molecule has 0 aliphatic carbocycles. The molecular formula is C21H17NO2S. The van der Waals surface area contributed by atoms with Crippen LogP contribution in [-0.4, -0.2) is 13.0 Å². The number of nitrogens with one attached hydrogen (secondary N) is 1. The molecule has 3 nitrogen and oxygen atoms in total. The van der Waals surface area contributed by atoms with Crippen molar-refractivity contribution in [3.8, 4) is 5.75 Å². The number of methoxy groups -OCH3 is 1. The summed E-state index contributed by atoms with van der Waals surface area (Å²) in [5.41, 5.74) is 2.77. The monoisotopic (exact) mass is 347 g/mol. The number of carbonyl (C=O) groups excluding carboxylic acids is 1. The van der Waals surface area contributed by atoms with Gasteiger partial charge in [-0.2, -0.15) is 0 Å². The van der Waals surface area contributed by atoms with Gasteiger partial charge in [-0.25, -0.2) is 0 Å². The van der Waals surface area contributed by atoms with Gasteiger partial charge in [0.25, 0.3) is 5.91 Å². The smallest absolute Gasteiger partial charge is 0.253 e. The Balaban J connectivity index is 1.85. The summed E-state index contributed by atoms with van der Waals surface area (Å²) in [6.07, 6.45) is 0. The Kier molecular flexibility index (Phi) is 3.98. The van der Waals surface area contributed by atoms with Crippen LogP contribution in [0.15, 0.2) is 83.8 Å². The van der Waals surface area contributed by atoms with E-state index >= 15 is 0 Å². The van der Waals surface area contributed by atoms with Crippen molar-refractivity contribution in [1.29, 1.82) is 0 Å². The molecule has 0 saturated heterocycles. The van der Waals surface area contributed by atoms with Crippen LogP contribution in [0.5, 0.6) is 5.75 Å². The fourth-order valence-electron chi connectivity index (χ4n) is 3.14. The Morgan fingerprint density at radius 1 is 0.880 bits per heavy atom. The number of thioether (sulfide) groups is 1. The molecule has 1 N–H and O–H groups in total. The molecular weight excluding hydrogens is 330 g/mol. The molecule has 1 aliphatic rings. The van der Waals surface area contributed by atoms with Gasteiger partial charge in [-0.05, 0) is 35.9 Å². The van der Waals surface area contributed by atoms with Crippen LogP contribution in [0.4, 0.5) is 0 Å². The van der Waals surface area contributed by atoms with E-state index in [1.165, 1.54) is 0 Å². The van der Waals surface area contributed by atoms with Crippen LogP contribution in [0.2, 0.25) is 0 Å². The van der Waals surface area contributed by atoms with Gasteiger partial charge in [0.1, 0.15) is 10.6 Å². The van der Waals surface area contributed by atoms with Gasteiger partial charge >= 0.3 is 0 Å². The number of hydrogen-bond acceptors (Lipinski definition) is 3. The van der Waals surface area contributed by atoms with Gasteiger partial charge in [0.2, 0.25) is 0 Å². The molecule has 3 aromatic carbocycles. The lowest BCUT2D eigenvalue weighted by Crippen LogP contribution is -2.37. The Hall–Kier alpha value is -2.72. The molecule has 25 heavy (non-hydrogen) atoms. The summed E-state index contributed by atoms with van der Waals surface area (Å²) in [4.78, 5) is 13.0. The quantitative estimate of drug-likeness (QED) is 0.759. The SMILES string of the molecule is COc1ccc(S[C@@]2(c3ccccc3)NC(=O)c3ccccc32)cc1. The van der Waals surface area contributed by atoms with Crippen LogP contribution in [0.3, 0.4) is 0 Å². The fourth-order valence-corrected chi connectivity index (χ4v) is 4.45. The van der Waals surface area contributed by atoms with Crippen LogP contribution >= 0.6 is 11.8 Å². The van der Waals surface area contributed by atoms with E-state index in [0.717, 1.165) is 27.3 Å². The van der Waals surface area contributed by atoms with Crippen LogP contribution < -0.4 is 10.1 Å². The summed E-state index contributed by atoms with van der Waals surface area (Å²) in [6.45, 7) is 0. The van der Waals surface area contributed by atoms with Gasteiger partial charge in [0.05, 0.1) is 7.11 Å². The zero-order valence-corrected chi connectivity index (χ0v) is 14.5. The number of hydrogen-bond donors (Lipinski definition) is 1. The second kappa shape index (κ2) is 6.30. The van der Waals surface area contributed by atoms with E-state index in [-0.39, 0.29) is 5.91 Å². The van der Waals surface area contributed by atoms with E-state index in [0.29, 0.717) is 0 Å². The maximum Gasteiger partial charge on any atom is 0.253 e. The highest BCUT2D eigenvalue weighted by molar-refractivity contribution is 8.00. The third kappa shape index (κ3) is 2.68. The summed E-state index contributed by atoms with van der Waals surface area (Å²) < 4.78 is 5.24. The summed E-state index contributed by atoms with van der Waals surface area (Å²) in [7, 11) is 1.65. The predicted octanol–water partition coefficient (Wildman–Crippen LogP) is 4.43. The number of benzene rings is 3. The average molecular weight is 347 g/mol. The zero-order chi connectivity index (χ0) is 17.3. The third-order valence-electron chi connectivity index (χ3n) is 4.35. The van der Waals surface area contributed by atoms with E-state index in [1.54, 1.807) is 18.9 Å². The zero-order valence-electron chi connectivity index (χ0n) is 13.7. The molecule has 0 aromatic heterocycles. The van der Waals surface area contributed by atoms with Gasteiger partial charge in [0, 0.05) is 16.0 Å². The first-order valence-corrected chi connectivity index (χ1v) is 8.85. The van der Waals surface area contributed by atoms with Crippen LogP contribution in [0, 0.1) is 0 Å². The molecule has 124 valence electrons. The first-order chi connectivity index (χ1) is 12.2. The minimum atomic E-state index is -0.635. The molecule has 1 amide bonds. The highest BCUT2D eigenvalue weighted by atomic mass is 32.2. The van der Waals surface area contributed by atoms with Gasteiger partial charge in [-0.15, -0.1) is 0 Å². The summed E-state index contributed by atoms with van der Waals surface area (Å²) >= 11 is 1.63. The average Bonchev–Trinajstić information content (AvgIpc) is 2.96. The van der Waals surface area contributed by atoms with Crippen molar-refractivity contribution >= 4 is 17.7 Å². The molecule has 0 fully saturated rings. The van der Waals surface area contributed by atoms with E-state index in [1.807, 2.05) is 66.7 Å². The normalized spacial score (nSPS) is 18.5. The van der Waals surface area contributed by atoms with Crippen molar-refractivity contribution in [3.63, 3.8) is 0 Å². The molecule has 0 saturated carbocycles. The molecule has 3 aromatic rings. The highest BCUT2D eigenvalue weighted by Gasteiger charge is 2.45. The van der Waals surface area contributed by atoms with Crippen molar-refractivity contribution in [1.82, 2.24) is 5.32 Å². The Labute approximate surface area is 151 Å². The molecule has 1 atom stereocenters. The molecule has 0 unspecified atom stereocenters. The molecule has 4 rings (SSSR count). The third-order valence-corrected chi connectivity index (χ3v) is 5.72. The Morgan fingerprint density at radius 2 is 1.56 bits per heavy atom. The summed E-state index contributed by atoms with van der Waals surface area (Å²) in [5.74, 6) is 0.773. The number of ether oxygens (including phenoxy) is 1. The number of carbonyl (C=O) groups is 1. The van der Waals surface area contributed by atoms with Crippen LogP contribution in [0.1, 0.15) is 21.5 Å². The summed E-state index contributed by atoms with van der Waals surface area (Å²) in [5, 5.41) is 3.22. The fraction of sp³-hybridized carbons (Fsp3) is 0.0952. The molecule has 0 radical (unpaired) electrons. The minimum Gasteiger partial charge on any atom is -0.497 e. The topological polar surface area (TPSA) is 38.3 Å². The Bertz CT molecular complexity index is 909. The largest absolute Gasteiger partial charge is 0.497 e. The van der Waals surface area contributed by atoms with Gasteiger partial charge in [-0.1, -0.05) is 60.3 Å². The number of fused-ring (bicyclic) bond motifs is 1. The number of amides is 1. The summed E-state index contributed by atoms with van der Waals surface area (Å²) in [6, 6.07) is 25.8. The van der Waals surface area contributed by atoms with Gasteiger partial charge < -0.3 is 10.1 Å². The van der Waals surface area contributed by atoms with Crippen molar-refractivity contribution < 1.29 is 9.53 Å². The van der Waals surface area contributed by atoms with E-state index in [9.17, 15) is 4.79 Å².